The van der Waals surface area contributed by atoms with Gasteiger partial charge in [0.1, 0.15) is 0 Å². The van der Waals surface area contributed by atoms with Gasteiger partial charge in [-0.2, -0.15) is 0 Å². The molecule has 10 heteroatoms. The summed E-state index contributed by atoms with van der Waals surface area (Å²) in [6.45, 7) is 0. The van der Waals surface area contributed by atoms with E-state index in [1.165, 1.54) is 0 Å². The average molecular weight is 392 g/mol. The van der Waals surface area contributed by atoms with Crippen molar-refractivity contribution < 1.29 is 0 Å². The lowest BCUT2D eigenvalue weighted by molar-refractivity contribution is 1.93. The third kappa shape index (κ3) is 23.9. The first kappa shape index (κ1) is 18.7. The number of alkyl halides is 2. The van der Waals surface area contributed by atoms with Gasteiger partial charge in [-0.1, -0.05) is 11.5 Å². The average Bonchev–Trinajstić information content (AvgIpc) is 1.99. The Bertz CT molecular complexity index is 194. The van der Waals surface area contributed by atoms with Gasteiger partial charge in [-0.3, -0.25) is 0 Å². The first-order valence-corrected chi connectivity index (χ1v) is 14.2. The molecular formula is C4H4Cl8Si2. The molecule has 14 heavy (non-hydrogen) atoms. The van der Waals surface area contributed by atoms with Gasteiger partial charge in [0.15, 0.2) is 0 Å². The van der Waals surface area contributed by atoms with Crippen molar-refractivity contribution in [3.05, 3.63) is 0 Å². The van der Waals surface area contributed by atoms with Gasteiger partial charge >= 0.3 is 12.0 Å². The predicted octanol–water partition coefficient (Wildman–Crippen LogP) is 4.84. The monoisotopic (exact) mass is 388 g/mol. The van der Waals surface area contributed by atoms with Crippen LogP contribution in [0.25, 0.3) is 0 Å². The van der Waals surface area contributed by atoms with Crippen molar-refractivity contribution in [1.82, 2.24) is 0 Å². The number of rotatable bonds is 1. The fraction of sp³-hybridized carbons (Fsp3) is 0.500. The van der Waals surface area contributed by atoms with Crippen LogP contribution >= 0.6 is 89.7 Å². The summed E-state index contributed by atoms with van der Waals surface area (Å²) in [5.74, 6) is 2.69. The van der Waals surface area contributed by atoms with Crippen LogP contribution in [0.1, 0.15) is 0 Å². The fourth-order valence-corrected chi connectivity index (χ4v) is 1.20. The second-order valence-electron chi connectivity index (χ2n) is 1.68. The second kappa shape index (κ2) is 9.35. The van der Waals surface area contributed by atoms with Crippen LogP contribution in [0.5, 0.6) is 0 Å². The van der Waals surface area contributed by atoms with Crippen LogP contribution in [0, 0.1) is 11.5 Å². The Morgan fingerprint density at radius 1 is 0.857 bits per heavy atom. The van der Waals surface area contributed by atoms with Gasteiger partial charge in [-0.25, -0.2) is 0 Å². The molecule has 0 radical (unpaired) electrons. The molecule has 0 aromatic heterocycles. The topological polar surface area (TPSA) is 0 Å². The molecule has 0 spiro atoms. The second-order valence-corrected chi connectivity index (χ2v) is 19.9. The van der Waals surface area contributed by atoms with E-state index in [0.29, 0.717) is 0 Å². The summed E-state index contributed by atoms with van der Waals surface area (Å²) in [4.78, 5) is 0. The molecule has 0 aliphatic rings. The largest absolute Gasteiger partial charge is 0.422 e. The van der Waals surface area contributed by atoms with Crippen molar-refractivity contribution in [3.63, 3.8) is 0 Å². The smallest absolute Gasteiger partial charge is 0.126 e. The molecule has 0 amide bonds. The van der Waals surface area contributed by atoms with Gasteiger partial charge < -0.3 is 0 Å². The minimum Gasteiger partial charge on any atom is -0.126 e. The Morgan fingerprint density at radius 3 is 1.29 bits per heavy atom. The van der Waals surface area contributed by atoms with E-state index in [4.69, 9.17) is 89.7 Å². The highest BCUT2D eigenvalue weighted by Crippen LogP contribution is 2.20. The molecule has 0 N–H and O–H groups in total. The molecule has 0 aromatic rings. The van der Waals surface area contributed by atoms with Gasteiger partial charge in [0, 0.05) is 0 Å². The Labute approximate surface area is 123 Å². The minimum atomic E-state index is -2.71. The molecule has 0 aliphatic heterocycles. The van der Waals surface area contributed by atoms with Crippen molar-refractivity contribution in [2.75, 3.05) is 11.4 Å². The Hall–Kier alpha value is 2.31. The van der Waals surface area contributed by atoms with Crippen molar-refractivity contribution in [3.8, 4) is 11.5 Å². The number of hydrogen-bond donors (Lipinski definition) is 0. The molecule has 0 rings (SSSR count). The summed E-state index contributed by atoms with van der Waals surface area (Å²) in [6.07, 6.45) is 0. The van der Waals surface area contributed by atoms with Crippen LogP contribution in [-0.2, 0) is 0 Å². The lowest BCUT2D eigenvalue weighted by Gasteiger charge is -1.96. The van der Waals surface area contributed by atoms with Crippen LogP contribution in [0.4, 0.5) is 0 Å². The normalized spacial score (nSPS) is 10.9. The van der Waals surface area contributed by atoms with Gasteiger partial charge in [-0.05, 0) is 0 Å². The first-order valence-electron chi connectivity index (χ1n) is 2.88. The van der Waals surface area contributed by atoms with Crippen LogP contribution in [0.3, 0.4) is 0 Å². The Morgan fingerprint density at radius 2 is 1.21 bits per heavy atom. The van der Waals surface area contributed by atoms with Crippen molar-refractivity contribution in [1.29, 1.82) is 0 Å². The van der Waals surface area contributed by atoms with Gasteiger partial charge in [-0.15, -0.1) is 89.7 Å². The number of halogens is 8. The van der Waals surface area contributed by atoms with Crippen LogP contribution in [0.15, 0.2) is 0 Å². The molecule has 84 valence electrons. The Balaban J connectivity index is 0. The molecule has 0 saturated carbocycles. The summed E-state index contributed by atoms with van der Waals surface area (Å²) in [5.41, 5.74) is 2.60. The summed E-state index contributed by atoms with van der Waals surface area (Å²) >= 11 is 42.1. The van der Waals surface area contributed by atoms with E-state index in [0.717, 1.165) is 0 Å². The molecule has 0 nitrogen and oxygen atoms in total. The van der Waals surface area contributed by atoms with Gasteiger partial charge in [0.25, 0.3) is 0 Å². The van der Waals surface area contributed by atoms with Crippen molar-refractivity contribution in [2.24, 2.45) is 0 Å². The summed E-state index contributed by atoms with van der Waals surface area (Å²) < 4.78 is 0. The van der Waals surface area contributed by atoms with E-state index in [1.54, 1.807) is 0 Å². The molecule has 0 heterocycles. The van der Waals surface area contributed by atoms with E-state index in [2.05, 4.69) is 11.5 Å². The molecule has 0 saturated heterocycles. The highest BCUT2D eigenvalue weighted by atomic mass is 35.8. The van der Waals surface area contributed by atoms with E-state index in [9.17, 15) is 0 Å². The molecule has 0 fully saturated rings. The molecule has 0 bridgehead atoms. The van der Waals surface area contributed by atoms with E-state index in [1.807, 2.05) is 0 Å². The van der Waals surface area contributed by atoms with E-state index >= 15 is 0 Å². The molecule has 0 aliphatic carbocycles. The van der Waals surface area contributed by atoms with E-state index in [-0.39, 0.29) is 11.4 Å². The predicted molar refractivity (Wildman–Crippen MR) is 75.8 cm³/mol. The molecule has 0 unspecified atom stereocenters. The Kier molecular flexibility index (Phi) is 12.5. The maximum absolute atomic E-state index is 5.35. The standard InChI is InChI=1S/C3H2Cl4Si.CH2Cl4Si/c4-2-1-3-8(5,6)7;2-1-6(3,4)5/h2H2;1H2. The van der Waals surface area contributed by atoms with Gasteiger partial charge in [0.2, 0.25) is 0 Å². The lowest BCUT2D eigenvalue weighted by Crippen LogP contribution is -2.10. The lowest BCUT2D eigenvalue weighted by atomic mass is 10.8. The maximum Gasteiger partial charge on any atom is 0.422 e. The highest BCUT2D eigenvalue weighted by molar-refractivity contribution is 7.68. The van der Waals surface area contributed by atoms with Crippen molar-refractivity contribution in [2.45, 2.75) is 0 Å². The SMILES string of the molecule is ClCC#C[Si](Cl)(Cl)Cl.ClC[Si](Cl)(Cl)Cl. The third-order valence-electron chi connectivity index (χ3n) is 0.448. The van der Waals surface area contributed by atoms with Crippen molar-refractivity contribution >= 4 is 102 Å². The first-order chi connectivity index (χ1) is 6.12. The summed E-state index contributed by atoms with van der Waals surface area (Å²) in [6, 6.07) is -5.16. The summed E-state index contributed by atoms with van der Waals surface area (Å²) in [5, 5.41) is 0. The minimum absolute atomic E-state index is 0.178. The third-order valence-corrected chi connectivity index (χ3v) is 5.83. The van der Waals surface area contributed by atoms with Gasteiger partial charge in [0.05, 0.1) is 11.4 Å². The zero-order valence-electron chi connectivity index (χ0n) is 6.44. The van der Waals surface area contributed by atoms with Crippen LogP contribution in [0.2, 0.25) is 0 Å². The molecule has 0 aromatic carbocycles. The maximum atomic E-state index is 5.35. The number of hydrogen-bond acceptors (Lipinski definition) is 0. The quantitative estimate of drug-likeness (QED) is 0.259. The summed E-state index contributed by atoms with van der Waals surface area (Å²) in [7, 11) is 0. The van der Waals surface area contributed by atoms with E-state index < -0.39 is 12.0 Å². The van der Waals surface area contributed by atoms with Crippen LogP contribution in [-0.4, -0.2) is 23.4 Å². The highest BCUT2D eigenvalue weighted by Gasteiger charge is 2.22. The zero-order chi connectivity index (χ0) is 11.8. The molecule has 0 atom stereocenters. The zero-order valence-corrected chi connectivity index (χ0v) is 14.5. The fourth-order valence-electron chi connectivity index (χ4n) is 0.134. The van der Waals surface area contributed by atoms with Crippen LogP contribution < -0.4 is 0 Å². The molecular weight excluding hydrogens is 388 g/mol.